The van der Waals surface area contributed by atoms with E-state index in [0.717, 1.165) is 0 Å². The molecule has 0 radical (unpaired) electrons. The van der Waals surface area contributed by atoms with Gasteiger partial charge in [-0.15, -0.1) is 0 Å². The lowest BCUT2D eigenvalue weighted by Gasteiger charge is -2.17. The highest BCUT2D eigenvalue weighted by Gasteiger charge is 2.36. The standard InChI is InChI=1S/C18H14FN3O2/c19-15-3-1-2-4-16(15)22-11-13(9-17(22)23)18(24)21-14-7-5-12(10-20)6-8-14/h1-8,13H,9,11H2,(H,21,24). The van der Waals surface area contributed by atoms with E-state index >= 15 is 0 Å². The molecule has 0 saturated carbocycles. The Morgan fingerprint density at radius 3 is 2.58 bits per heavy atom. The van der Waals surface area contributed by atoms with Crippen molar-refractivity contribution in [3.63, 3.8) is 0 Å². The van der Waals surface area contributed by atoms with Crippen molar-refractivity contribution in [1.82, 2.24) is 0 Å². The van der Waals surface area contributed by atoms with Crippen LogP contribution in [0.2, 0.25) is 0 Å². The second-order valence-electron chi connectivity index (χ2n) is 5.54. The summed E-state index contributed by atoms with van der Waals surface area (Å²) in [5, 5.41) is 11.5. The van der Waals surface area contributed by atoms with Gasteiger partial charge < -0.3 is 10.2 Å². The van der Waals surface area contributed by atoms with Crippen molar-refractivity contribution < 1.29 is 14.0 Å². The maximum absolute atomic E-state index is 13.8. The highest BCUT2D eigenvalue weighted by molar-refractivity contribution is 6.03. The molecule has 1 aliphatic rings. The molecule has 1 N–H and O–H groups in total. The van der Waals surface area contributed by atoms with Crippen LogP contribution < -0.4 is 10.2 Å². The number of nitrogens with one attached hydrogen (secondary N) is 1. The van der Waals surface area contributed by atoms with Gasteiger partial charge >= 0.3 is 0 Å². The summed E-state index contributed by atoms with van der Waals surface area (Å²) in [6.07, 6.45) is 0.0381. The van der Waals surface area contributed by atoms with Crippen molar-refractivity contribution >= 4 is 23.2 Å². The predicted octanol–water partition coefficient (Wildman–Crippen LogP) is 2.69. The summed E-state index contributed by atoms with van der Waals surface area (Å²) in [4.78, 5) is 25.8. The zero-order valence-electron chi connectivity index (χ0n) is 12.7. The zero-order chi connectivity index (χ0) is 17.1. The minimum absolute atomic E-state index is 0.0381. The van der Waals surface area contributed by atoms with Crippen molar-refractivity contribution in [3.8, 4) is 6.07 Å². The normalized spacial score (nSPS) is 16.8. The third kappa shape index (κ3) is 3.10. The second-order valence-corrected chi connectivity index (χ2v) is 5.54. The highest BCUT2D eigenvalue weighted by atomic mass is 19.1. The second kappa shape index (κ2) is 6.50. The van der Waals surface area contributed by atoms with Crippen LogP contribution in [0.25, 0.3) is 0 Å². The average molecular weight is 323 g/mol. The Morgan fingerprint density at radius 1 is 1.21 bits per heavy atom. The van der Waals surface area contributed by atoms with Gasteiger partial charge in [-0.05, 0) is 36.4 Å². The number of hydrogen-bond donors (Lipinski definition) is 1. The van der Waals surface area contributed by atoms with Crippen molar-refractivity contribution in [3.05, 3.63) is 59.9 Å². The van der Waals surface area contributed by atoms with Crippen LogP contribution in [-0.2, 0) is 9.59 Å². The summed E-state index contributed by atoms with van der Waals surface area (Å²) in [7, 11) is 0. The zero-order valence-corrected chi connectivity index (χ0v) is 12.7. The van der Waals surface area contributed by atoms with Gasteiger partial charge in [0.25, 0.3) is 0 Å². The highest BCUT2D eigenvalue weighted by Crippen LogP contribution is 2.28. The fourth-order valence-electron chi connectivity index (χ4n) is 2.66. The largest absolute Gasteiger partial charge is 0.326 e. The fourth-order valence-corrected chi connectivity index (χ4v) is 2.66. The number of nitrogens with zero attached hydrogens (tertiary/aromatic N) is 2. The smallest absolute Gasteiger partial charge is 0.229 e. The number of nitriles is 1. The molecule has 0 spiro atoms. The summed E-state index contributed by atoms with van der Waals surface area (Å²) < 4.78 is 13.8. The Bertz CT molecular complexity index is 827. The van der Waals surface area contributed by atoms with E-state index in [1.807, 2.05) is 6.07 Å². The van der Waals surface area contributed by atoms with Crippen LogP contribution in [0.3, 0.4) is 0 Å². The average Bonchev–Trinajstić information content (AvgIpc) is 2.98. The lowest BCUT2D eigenvalue weighted by Crippen LogP contribution is -2.28. The van der Waals surface area contributed by atoms with Gasteiger partial charge in [0, 0.05) is 18.7 Å². The van der Waals surface area contributed by atoms with Gasteiger partial charge in [-0.2, -0.15) is 5.26 Å². The van der Waals surface area contributed by atoms with Crippen LogP contribution in [0.5, 0.6) is 0 Å². The molecule has 1 unspecified atom stereocenters. The topological polar surface area (TPSA) is 73.2 Å². The van der Waals surface area contributed by atoms with Crippen molar-refractivity contribution in [2.75, 3.05) is 16.8 Å². The summed E-state index contributed by atoms with van der Waals surface area (Å²) in [5.41, 5.74) is 1.24. The third-order valence-corrected chi connectivity index (χ3v) is 3.92. The lowest BCUT2D eigenvalue weighted by atomic mass is 10.1. The lowest BCUT2D eigenvalue weighted by molar-refractivity contribution is -0.122. The Kier molecular flexibility index (Phi) is 4.25. The molecule has 2 amide bonds. The fraction of sp³-hybridized carbons (Fsp3) is 0.167. The first-order chi connectivity index (χ1) is 11.6. The molecule has 1 saturated heterocycles. The van der Waals surface area contributed by atoms with Crippen molar-refractivity contribution in [1.29, 1.82) is 5.26 Å². The number of para-hydroxylation sites is 1. The SMILES string of the molecule is N#Cc1ccc(NC(=O)C2CC(=O)N(c3ccccc3F)C2)cc1. The Labute approximate surface area is 138 Å². The van der Waals surface area contributed by atoms with Crippen molar-refractivity contribution in [2.24, 2.45) is 5.92 Å². The van der Waals surface area contributed by atoms with E-state index in [1.54, 1.807) is 36.4 Å². The summed E-state index contributed by atoms with van der Waals surface area (Å²) >= 11 is 0. The molecule has 5 nitrogen and oxygen atoms in total. The first-order valence-corrected chi connectivity index (χ1v) is 7.44. The number of carbonyl (C=O) groups excluding carboxylic acids is 2. The predicted molar refractivity (Wildman–Crippen MR) is 86.6 cm³/mol. The van der Waals surface area contributed by atoms with Crippen molar-refractivity contribution in [2.45, 2.75) is 6.42 Å². The van der Waals surface area contributed by atoms with Gasteiger partial charge in [0.2, 0.25) is 11.8 Å². The first kappa shape index (κ1) is 15.7. The molecule has 2 aromatic carbocycles. The molecule has 1 heterocycles. The van der Waals surface area contributed by atoms with Gasteiger partial charge in [-0.25, -0.2) is 4.39 Å². The van der Waals surface area contributed by atoms with E-state index in [2.05, 4.69) is 5.32 Å². The van der Waals surface area contributed by atoms with E-state index < -0.39 is 11.7 Å². The number of amides is 2. The van der Waals surface area contributed by atoms with E-state index in [0.29, 0.717) is 11.3 Å². The van der Waals surface area contributed by atoms with Gasteiger partial charge in [-0.1, -0.05) is 12.1 Å². The number of hydrogen-bond acceptors (Lipinski definition) is 3. The Morgan fingerprint density at radius 2 is 1.92 bits per heavy atom. The monoisotopic (exact) mass is 323 g/mol. The number of anilines is 2. The maximum atomic E-state index is 13.8. The molecule has 1 aliphatic heterocycles. The molecule has 2 aromatic rings. The molecular weight excluding hydrogens is 309 g/mol. The Balaban J connectivity index is 1.70. The number of rotatable bonds is 3. The van der Waals surface area contributed by atoms with E-state index in [9.17, 15) is 14.0 Å². The van der Waals surface area contributed by atoms with E-state index in [1.165, 1.54) is 17.0 Å². The van der Waals surface area contributed by atoms with Crippen LogP contribution in [0.1, 0.15) is 12.0 Å². The van der Waals surface area contributed by atoms with E-state index in [4.69, 9.17) is 5.26 Å². The molecule has 24 heavy (non-hydrogen) atoms. The maximum Gasteiger partial charge on any atom is 0.229 e. The molecule has 6 heteroatoms. The quantitative estimate of drug-likeness (QED) is 0.944. The summed E-state index contributed by atoms with van der Waals surface area (Å²) in [6.45, 7) is 0.141. The molecule has 0 bridgehead atoms. The summed E-state index contributed by atoms with van der Waals surface area (Å²) in [6, 6.07) is 14.5. The summed E-state index contributed by atoms with van der Waals surface area (Å²) in [5.74, 6) is -1.61. The van der Waals surface area contributed by atoms with E-state index in [-0.39, 0.29) is 30.5 Å². The first-order valence-electron chi connectivity index (χ1n) is 7.44. The van der Waals surface area contributed by atoms with Crippen LogP contribution in [0.15, 0.2) is 48.5 Å². The van der Waals surface area contributed by atoms with Gasteiger partial charge in [0.05, 0.1) is 23.2 Å². The number of benzene rings is 2. The Hall–Kier alpha value is -3.20. The number of halogens is 1. The molecule has 3 rings (SSSR count). The molecule has 120 valence electrons. The third-order valence-electron chi connectivity index (χ3n) is 3.92. The van der Waals surface area contributed by atoms with Gasteiger partial charge in [-0.3, -0.25) is 9.59 Å². The van der Waals surface area contributed by atoms with Crippen LogP contribution in [0, 0.1) is 23.1 Å². The molecule has 0 aromatic heterocycles. The minimum atomic E-state index is -0.548. The van der Waals surface area contributed by atoms with Crippen LogP contribution in [0.4, 0.5) is 15.8 Å². The van der Waals surface area contributed by atoms with Gasteiger partial charge in [0.1, 0.15) is 5.82 Å². The van der Waals surface area contributed by atoms with Crippen LogP contribution >= 0.6 is 0 Å². The number of carbonyl (C=O) groups is 2. The minimum Gasteiger partial charge on any atom is -0.326 e. The van der Waals surface area contributed by atoms with Crippen LogP contribution in [-0.4, -0.2) is 18.4 Å². The molecule has 1 fully saturated rings. The van der Waals surface area contributed by atoms with Gasteiger partial charge in [0.15, 0.2) is 0 Å². The molecule has 0 aliphatic carbocycles. The molecule has 1 atom stereocenters. The molecular formula is C18H14FN3O2.